The van der Waals surface area contributed by atoms with E-state index in [9.17, 15) is 9.59 Å². The Kier molecular flexibility index (Phi) is 4.79. The number of esters is 1. The highest BCUT2D eigenvalue weighted by molar-refractivity contribution is 7.10. The zero-order valence-electron chi connectivity index (χ0n) is 14.0. The van der Waals surface area contributed by atoms with E-state index in [0.717, 1.165) is 10.4 Å². The molecule has 27 heavy (non-hydrogen) atoms. The van der Waals surface area contributed by atoms with Crippen LogP contribution >= 0.6 is 22.9 Å². The Bertz CT molecular complexity index is 1050. The van der Waals surface area contributed by atoms with E-state index in [4.69, 9.17) is 21.1 Å². The molecule has 0 saturated heterocycles. The van der Waals surface area contributed by atoms with Crippen LogP contribution in [0.5, 0.6) is 11.5 Å². The van der Waals surface area contributed by atoms with Gasteiger partial charge in [-0.3, -0.25) is 9.59 Å². The third-order valence-corrected chi connectivity index (χ3v) is 5.03. The van der Waals surface area contributed by atoms with Crippen LogP contribution < -0.4 is 9.47 Å². The van der Waals surface area contributed by atoms with Gasteiger partial charge in [-0.1, -0.05) is 29.8 Å². The highest BCUT2D eigenvalue weighted by Crippen LogP contribution is 2.35. The molecule has 1 aliphatic heterocycles. The van der Waals surface area contributed by atoms with Crippen molar-refractivity contribution in [1.29, 1.82) is 0 Å². The summed E-state index contributed by atoms with van der Waals surface area (Å²) in [5.41, 5.74) is 1.20. The van der Waals surface area contributed by atoms with E-state index < -0.39 is 0 Å². The molecule has 4 rings (SSSR count). The van der Waals surface area contributed by atoms with Gasteiger partial charge in [0.1, 0.15) is 11.5 Å². The topological polar surface area (TPSA) is 52.6 Å². The second kappa shape index (κ2) is 7.39. The van der Waals surface area contributed by atoms with Gasteiger partial charge in [-0.15, -0.1) is 11.3 Å². The average molecular weight is 397 g/mol. The van der Waals surface area contributed by atoms with E-state index in [1.807, 2.05) is 23.6 Å². The maximum absolute atomic E-state index is 12.5. The van der Waals surface area contributed by atoms with E-state index >= 15 is 0 Å². The normalized spacial score (nSPS) is 14.1. The summed E-state index contributed by atoms with van der Waals surface area (Å²) >= 11 is 7.47. The summed E-state index contributed by atoms with van der Waals surface area (Å²) in [5.74, 6) is 0.328. The van der Waals surface area contributed by atoms with E-state index in [1.165, 1.54) is 11.3 Å². The number of Topliss-reactive ketones (excluding diaryl/α,β-unsaturated/α-hetero) is 1. The zero-order valence-corrected chi connectivity index (χ0v) is 15.5. The van der Waals surface area contributed by atoms with Crippen LogP contribution in [0, 0.1) is 0 Å². The average Bonchev–Trinajstić information content (AvgIpc) is 3.23. The number of carbonyl (C=O) groups excluding carboxylic acids is 2. The van der Waals surface area contributed by atoms with Gasteiger partial charge in [-0.05, 0) is 47.4 Å². The molecule has 4 nitrogen and oxygen atoms in total. The van der Waals surface area contributed by atoms with Crippen LogP contribution in [-0.4, -0.2) is 11.8 Å². The highest BCUT2D eigenvalue weighted by Gasteiger charge is 2.28. The molecule has 0 radical (unpaired) electrons. The van der Waals surface area contributed by atoms with Crippen molar-refractivity contribution in [2.75, 3.05) is 0 Å². The number of ketones is 1. The lowest BCUT2D eigenvalue weighted by Crippen LogP contribution is -2.10. The molecule has 0 spiro atoms. The molecular weight excluding hydrogens is 384 g/mol. The SMILES string of the molecule is O=C(Cc1cccs1)Oc1ccc2c(c1)O/C(=C\c1cccc(Cl)c1)C2=O. The first kappa shape index (κ1) is 17.5. The van der Waals surface area contributed by atoms with E-state index in [2.05, 4.69) is 0 Å². The summed E-state index contributed by atoms with van der Waals surface area (Å²) in [7, 11) is 0. The van der Waals surface area contributed by atoms with Crippen molar-refractivity contribution >= 4 is 40.8 Å². The first-order valence-corrected chi connectivity index (χ1v) is 9.41. The molecule has 0 aliphatic carbocycles. The van der Waals surface area contributed by atoms with Crippen molar-refractivity contribution in [2.24, 2.45) is 0 Å². The third-order valence-electron chi connectivity index (χ3n) is 3.92. The molecule has 0 bridgehead atoms. The minimum absolute atomic E-state index is 0.203. The van der Waals surface area contributed by atoms with Gasteiger partial charge < -0.3 is 9.47 Å². The van der Waals surface area contributed by atoms with Gasteiger partial charge in [0, 0.05) is 16.0 Å². The predicted molar refractivity (Wildman–Crippen MR) is 104 cm³/mol. The summed E-state index contributed by atoms with van der Waals surface area (Å²) < 4.78 is 11.0. The molecule has 0 fully saturated rings. The summed E-state index contributed by atoms with van der Waals surface area (Å²) in [4.78, 5) is 25.5. The van der Waals surface area contributed by atoms with Gasteiger partial charge in [0.2, 0.25) is 5.78 Å². The number of fused-ring (bicyclic) bond motifs is 1. The molecule has 0 atom stereocenters. The number of thiophene rings is 1. The van der Waals surface area contributed by atoms with Crippen LogP contribution in [0.2, 0.25) is 5.02 Å². The van der Waals surface area contributed by atoms with Crippen molar-refractivity contribution in [1.82, 2.24) is 0 Å². The Morgan fingerprint density at radius 1 is 1.15 bits per heavy atom. The molecule has 6 heteroatoms. The molecule has 0 saturated carbocycles. The number of carbonyl (C=O) groups is 2. The van der Waals surface area contributed by atoms with E-state index in [0.29, 0.717) is 22.1 Å². The van der Waals surface area contributed by atoms with Crippen molar-refractivity contribution in [3.05, 3.63) is 86.8 Å². The molecule has 0 amide bonds. The molecule has 1 aromatic heterocycles. The Labute approximate surface area is 164 Å². The summed E-state index contributed by atoms with van der Waals surface area (Å²) in [6.07, 6.45) is 1.84. The minimum Gasteiger partial charge on any atom is -0.452 e. The number of benzene rings is 2. The quantitative estimate of drug-likeness (QED) is 0.347. The lowest BCUT2D eigenvalue weighted by molar-refractivity contribution is -0.133. The highest BCUT2D eigenvalue weighted by atomic mass is 35.5. The first-order chi connectivity index (χ1) is 13.1. The Morgan fingerprint density at radius 2 is 2.04 bits per heavy atom. The minimum atomic E-state index is -0.364. The fourth-order valence-corrected chi connectivity index (χ4v) is 3.59. The number of halogens is 1. The Hall–Kier alpha value is -2.89. The maximum Gasteiger partial charge on any atom is 0.316 e. The van der Waals surface area contributed by atoms with Gasteiger partial charge in [-0.2, -0.15) is 0 Å². The molecule has 2 aromatic carbocycles. The van der Waals surface area contributed by atoms with Crippen molar-refractivity contribution in [3.8, 4) is 11.5 Å². The van der Waals surface area contributed by atoms with Crippen molar-refractivity contribution in [2.45, 2.75) is 6.42 Å². The van der Waals surface area contributed by atoms with Crippen LogP contribution in [0.15, 0.2) is 65.7 Å². The van der Waals surface area contributed by atoms with Gasteiger partial charge >= 0.3 is 5.97 Å². The molecule has 3 aromatic rings. The predicted octanol–water partition coefficient (Wildman–Crippen LogP) is 5.17. The number of allylic oxidation sites excluding steroid dienone is 1. The van der Waals surface area contributed by atoms with Crippen LogP contribution in [0.3, 0.4) is 0 Å². The third kappa shape index (κ3) is 3.94. The molecule has 2 heterocycles. The second-order valence-electron chi connectivity index (χ2n) is 5.88. The maximum atomic E-state index is 12.5. The summed E-state index contributed by atoms with van der Waals surface area (Å²) in [6, 6.07) is 15.6. The second-order valence-corrected chi connectivity index (χ2v) is 7.35. The molecule has 0 N–H and O–H groups in total. The van der Waals surface area contributed by atoms with Gasteiger partial charge in [-0.25, -0.2) is 0 Å². The van der Waals surface area contributed by atoms with Gasteiger partial charge in [0.25, 0.3) is 0 Å². The van der Waals surface area contributed by atoms with Crippen molar-refractivity contribution < 1.29 is 19.1 Å². The van der Waals surface area contributed by atoms with E-state index in [-0.39, 0.29) is 23.9 Å². The number of hydrogen-bond donors (Lipinski definition) is 0. The summed E-state index contributed by atoms with van der Waals surface area (Å²) in [5, 5.41) is 2.48. The number of ether oxygens (including phenoxy) is 2. The van der Waals surface area contributed by atoms with Crippen LogP contribution in [0.1, 0.15) is 20.8 Å². The molecular formula is C21H13ClO4S. The summed E-state index contributed by atoms with van der Waals surface area (Å²) in [6.45, 7) is 0. The lowest BCUT2D eigenvalue weighted by Gasteiger charge is -2.05. The van der Waals surface area contributed by atoms with Gasteiger partial charge in [0.15, 0.2) is 5.76 Å². The standard InChI is InChI=1S/C21H13ClO4S/c22-14-4-1-3-13(9-14)10-19-21(24)17-7-6-15(11-18(17)26-19)25-20(23)12-16-5-2-8-27-16/h1-11H,12H2/b19-10-. The Morgan fingerprint density at radius 3 is 2.81 bits per heavy atom. The monoisotopic (exact) mass is 396 g/mol. The molecule has 0 unspecified atom stereocenters. The number of rotatable bonds is 4. The first-order valence-electron chi connectivity index (χ1n) is 8.15. The molecule has 134 valence electrons. The lowest BCUT2D eigenvalue weighted by atomic mass is 10.1. The van der Waals surface area contributed by atoms with E-state index in [1.54, 1.807) is 42.5 Å². The fourth-order valence-electron chi connectivity index (χ4n) is 2.70. The fraction of sp³-hybridized carbons (Fsp3) is 0.0476. The van der Waals surface area contributed by atoms with Gasteiger partial charge in [0.05, 0.1) is 12.0 Å². The van der Waals surface area contributed by atoms with Crippen molar-refractivity contribution in [3.63, 3.8) is 0 Å². The Balaban J connectivity index is 1.51. The van der Waals surface area contributed by atoms with Crippen LogP contribution in [-0.2, 0) is 11.2 Å². The smallest absolute Gasteiger partial charge is 0.316 e. The van der Waals surface area contributed by atoms with Crippen LogP contribution in [0.4, 0.5) is 0 Å². The largest absolute Gasteiger partial charge is 0.452 e. The molecule has 1 aliphatic rings. The number of hydrogen-bond acceptors (Lipinski definition) is 5. The van der Waals surface area contributed by atoms with Crippen LogP contribution in [0.25, 0.3) is 6.08 Å². The zero-order chi connectivity index (χ0) is 18.8.